The van der Waals surface area contributed by atoms with E-state index in [9.17, 15) is 4.79 Å². The average Bonchev–Trinajstić information content (AvgIpc) is 2.45. The van der Waals surface area contributed by atoms with Crippen LogP contribution in [0.5, 0.6) is 11.5 Å². The van der Waals surface area contributed by atoms with Gasteiger partial charge in [-0.05, 0) is 31.0 Å². The van der Waals surface area contributed by atoms with Crippen molar-refractivity contribution in [3.05, 3.63) is 23.8 Å². The van der Waals surface area contributed by atoms with Gasteiger partial charge in [-0.15, -0.1) is 0 Å². The quantitative estimate of drug-likeness (QED) is 0.567. The van der Waals surface area contributed by atoms with Gasteiger partial charge in [-0.3, -0.25) is 4.79 Å². The summed E-state index contributed by atoms with van der Waals surface area (Å²) in [5, 5.41) is 11.2. The first-order valence-corrected chi connectivity index (χ1v) is 6.97. The second-order valence-corrected chi connectivity index (χ2v) is 4.24. The lowest BCUT2D eigenvalue weighted by atomic mass is 10.1. The number of ether oxygens (including phenoxy) is 2. The summed E-state index contributed by atoms with van der Waals surface area (Å²) in [6.45, 7) is 2.36. The van der Waals surface area contributed by atoms with E-state index >= 15 is 0 Å². The molecule has 0 heterocycles. The zero-order valence-corrected chi connectivity index (χ0v) is 12.3. The average molecular weight is 294 g/mol. The summed E-state index contributed by atoms with van der Waals surface area (Å²) >= 11 is 3.94. The Kier molecular flexibility index (Phi) is 7.36. The highest BCUT2D eigenvalue weighted by Crippen LogP contribution is 2.28. The topological polar surface area (TPSA) is 71.3 Å². The number of carbonyl (C=O) groups excluding carboxylic acids is 1. The van der Waals surface area contributed by atoms with Crippen LogP contribution in [-0.4, -0.2) is 25.0 Å². The first-order valence-electron chi connectivity index (χ1n) is 6.34. The van der Waals surface area contributed by atoms with E-state index in [-0.39, 0.29) is 12.5 Å². The van der Waals surface area contributed by atoms with Gasteiger partial charge < -0.3 is 14.8 Å². The van der Waals surface area contributed by atoms with E-state index in [0.29, 0.717) is 36.8 Å². The zero-order chi connectivity index (χ0) is 14.8. The molecule has 0 aliphatic heterocycles. The van der Waals surface area contributed by atoms with Crippen molar-refractivity contribution in [2.24, 2.45) is 0 Å². The van der Waals surface area contributed by atoms with Gasteiger partial charge in [-0.2, -0.15) is 17.9 Å². The number of aryl methyl sites for hydroxylation is 1. The summed E-state index contributed by atoms with van der Waals surface area (Å²) in [7, 11) is 0. The van der Waals surface area contributed by atoms with Crippen LogP contribution in [0.25, 0.3) is 0 Å². The molecule has 0 radical (unpaired) electrons. The van der Waals surface area contributed by atoms with Crippen LogP contribution in [0.15, 0.2) is 18.2 Å². The Labute approximate surface area is 124 Å². The highest BCUT2D eigenvalue weighted by molar-refractivity contribution is 7.80. The molecule has 1 aromatic carbocycles. The van der Waals surface area contributed by atoms with Gasteiger partial charge in [0.1, 0.15) is 6.07 Å². The lowest BCUT2D eigenvalue weighted by Crippen LogP contribution is -2.21. The van der Waals surface area contributed by atoms with Crippen molar-refractivity contribution >= 4 is 18.5 Å². The van der Waals surface area contributed by atoms with Crippen LogP contribution in [-0.2, 0) is 11.2 Å². The maximum atomic E-state index is 11.4. The second-order valence-electron chi connectivity index (χ2n) is 3.92. The Morgan fingerprint density at radius 3 is 2.85 bits per heavy atom. The van der Waals surface area contributed by atoms with Gasteiger partial charge in [0.15, 0.2) is 18.1 Å². The van der Waals surface area contributed by atoms with E-state index < -0.39 is 0 Å². The van der Waals surface area contributed by atoms with Crippen LogP contribution >= 0.6 is 12.6 Å². The minimum absolute atomic E-state index is 0.0240. The second kappa shape index (κ2) is 9.10. The van der Waals surface area contributed by atoms with Gasteiger partial charge in [-0.25, -0.2) is 0 Å². The van der Waals surface area contributed by atoms with Crippen molar-refractivity contribution in [1.82, 2.24) is 5.32 Å². The molecule has 5 nitrogen and oxygen atoms in total. The number of nitriles is 1. The molecule has 1 rings (SSSR count). The predicted molar refractivity (Wildman–Crippen MR) is 79.0 cm³/mol. The molecule has 108 valence electrons. The highest BCUT2D eigenvalue weighted by Gasteiger charge is 2.08. The van der Waals surface area contributed by atoms with Crippen LogP contribution in [0, 0.1) is 11.3 Å². The number of hydrogen-bond acceptors (Lipinski definition) is 5. The normalized spacial score (nSPS) is 9.65. The van der Waals surface area contributed by atoms with Crippen molar-refractivity contribution in [3.63, 3.8) is 0 Å². The minimum atomic E-state index is -0.0391. The van der Waals surface area contributed by atoms with Gasteiger partial charge in [0.05, 0.1) is 12.5 Å². The van der Waals surface area contributed by atoms with Gasteiger partial charge in [0, 0.05) is 6.42 Å². The molecule has 20 heavy (non-hydrogen) atoms. The molecule has 0 aromatic heterocycles. The molecule has 1 amide bonds. The molecular formula is C14H18N2O3S. The van der Waals surface area contributed by atoms with Gasteiger partial charge in [0.25, 0.3) is 0 Å². The molecule has 1 aromatic rings. The fourth-order valence-electron chi connectivity index (χ4n) is 1.64. The SMILES string of the molecule is CCOc1cc(CCC(=O)NCS)ccc1OCC#N. The van der Waals surface area contributed by atoms with Gasteiger partial charge >= 0.3 is 0 Å². The van der Waals surface area contributed by atoms with Gasteiger partial charge in [0.2, 0.25) is 5.91 Å². The van der Waals surface area contributed by atoms with Crippen LogP contribution in [0.2, 0.25) is 0 Å². The number of benzene rings is 1. The number of carbonyl (C=O) groups is 1. The van der Waals surface area contributed by atoms with Crippen molar-refractivity contribution < 1.29 is 14.3 Å². The van der Waals surface area contributed by atoms with Crippen molar-refractivity contribution in [2.75, 3.05) is 19.1 Å². The molecule has 0 aliphatic rings. The Morgan fingerprint density at radius 1 is 1.40 bits per heavy atom. The van der Waals surface area contributed by atoms with Crippen LogP contribution in [0.3, 0.4) is 0 Å². The molecule has 0 aliphatic carbocycles. The highest BCUT2D eigenvalue weighted by atomic mass is 32.1. The molecule has 0 fully saturated rings. The van der Waals surface area contributed by atoms with Gasteiger partial charge in [-0.1, -0.05) is 6.07 Å². The summed E-state index contributed by atoms with van der Waals surface area (Å²) in [5.41, 5.74) is 0.979. The summed E-state index contributed by atoms with van der Waals surface area (Å²) in [5.74, 6) is 1.43. The number of rotatable bonds is 8. The predicted octanol–water partition coefficient (Wildman–Crippen LogP) is 1.92. The maximum absolute atomic E-state index is 11.4. The third kappa shape index (κ3) is 5.41. The first-order chi connectivity index (χ1) is 9.71. The summed E-state index contributed by atoms with van der Waals surface area (Å²) in [4.78, 5) is 11.4. The minimum Gasteiger partial charge on any atom is -0.490 e. The molecule has 0 saturated carbocycles. The maximum Gasteiger partial charge on any atom is 0.220 e. The van der Waals surface area contributed by atoms with E-state index in [0.717, 1.165) is 5.56 Å². The molecule has 1 N–H and O–H groups in total. The number of nitrogens with one attached hydrogen (secondary N) is 1. The molecule has 0 unspecified atom stereocenters. The number of amides is 1. The molecule has 6 heteroatoms. The van der Waals surface area contributed by atoms with Crippen LogP contribution < -0.4 is 14.8 Å². The molecule has 0 bridgehead atoms. The third-order valence-corrected chi connectivity index (χ3v) is 2.68. The van der Waals surface area contributed by atoms with Crippen molar-refractivity contribution in [2.45, 2.75) is 19.8 Å². The fraction of sp³-hybridized carbons (Fsp3) is 0.429. The molecule has 0 saturated heterocycles. The van der Waals surface area contributed by atoms with Crippen LogP contribution in [0.4, 0.5) is 0 Å². The van der Waals surface area contributed by atoms with E-state index in [1.807, 2.05) is 25.1 Å². The van der Waals surface area contributed by atoms with E-state index in [2.05, 4.69) is 17.9 Å². The standard InChI is InChI=1S/C14H18N2O3S/c1-2-18-13-9-11(4-6-14(17)16-10-20)3-5-12(13)19-8-7-15/h3,5,9,20H,2,4,6,8,10H2,1H3,(H,16,17). The monoisotopic (exact) mass is 294 g/mol. The lowest BCUT2D eigenvalue weighted by Gasteiger charge is -2.11. The smallest absolute Gasteiger partial charge is 0.220 e. The Morgan fingerprint density at radius 2 is 2.20 bits per heavy atom. The number of nitrogens with zero attached hydrogens (tertiary/aromatic N) is 1. The largest absolute Gasteiger partial charge is 0.490 e. The number of thiol groups is 1. The van der Waals surface area contributed by atoms with E-state index in [4.69, 9.17) is 14.7 Å². The summed E-state index contributed by atoms with van der Waals surface area (Å²) in [6, 6.07) is 7.38. The molecular weight excluding hydrogens is 276 g/mol. The lowest BCUT2D eigenvalue weighted by molar-refractivity contribution is -0.120. The summed E-state index contributed by atoms with van der Waals surface area (Å²) in [6.07, 6.45) is 1.00. The Balaban J connectivity index is 2.71. The molecule has 0 spiro atoms. The van der Waals surface area contributed by atoms with Crippen molar-refractivity contribution in [1.29, 1.82) is 5.26 Å². The third-order valence-electron chi connectivity index (χ3n) is 2.52. The van der Waals surface area contributed by atoms with E-state index in [1.54, 1.807) is 6.07 Å². The molecule has 0 atom stereocenters. The Hall–Kier alpha value is -1.87. The van der Waals surface area contributed by atoms with E-state index in [1.165, 1.54) is 0 Å². The summed E-state index contributed by atoms with van der Waals surface area (Å²) < 4.78 is 10.8. The number of hydrogen-bond donors (Lipinski definition) is 2. The van der Waals surface area contributed by atoms with Crippen LogP contribution in [0.1, 0.15) is 18.9 Å². The first kappa shape index (κ1) is 16.2. The zero-order valence-electron chi connectivity index (χ0n) is 11.4. The Bertz CT molecular complexity index is 486. The van der Waals surface area contributed by atoms with Crippen molar-refractivity contribution in [3.8, 4) is 17.6 Å². The fourth-order valence-corrected chi connectivity index (χ4v) is 1.82.